The van der Waals surface area contributed by atoms with Gasteiger partial charge >= 0.3 is 11.9 Å². The number of hydrogen-bond donors (Lipinski definition) is 0. The molecule has 134 valence electrons. The Balaban J connectivity index is 1.65. The molecule has 2 aromatic rings. The van der Waals surface area contributed by atoms with Crippen molar-refractivity contribution in [3.63, 3.8) is 0 Å². The monoisotopic (exact) mass is 342 g/mol. The van der Waals surface area contributed by atoms with Gasteiger partial charge in [0.25, 0.3) is 0 Å². The van der Waals surface area contributed by atoms with Crippen LogP contribution in [0.4, 0.5) is 0 Å². The summed E-state index contributed by atoms with van der Waals surface area (Å²) in [5.74, 6) is -0.0241. The average molecular weight is 342 g/mol. The van der Waals surface area contributed by atoms with E-state index in [2.05, 4.69) is 13.8 Å². The van der Waals surface area contributed by atoms with Gasteiger partial charge in [-0.25, -0.2) is 0 Å². The van der Waals surface area contributed by atoms with E-state index in [1.165, 1.54) is 0 Å². The van der Waals surface area contributed by atoms with Gasteiger partial charge in [0.05, 0.1) is 6.61 Å². The highest BCUT2D eigenvalue weighted by Gasteiger charge is 2.08. The summed E-state index contributed by atoms with van der Waals surface area (Å²) in [6.07, 6.45) is 1.80. The normalized spacial score (nSPS) is 10.8. The van der Waals surface area contributed by atoms with Crippen LogP contribution in [0.1, 0.15) is 45.1 Å². The van der Waals surface area contributed by atoms with Crippen molar-refractivity contribution < 1.29 is 19.1 Å². The van der Waals surface area contributed by atoms with E-state index in [0.29, 0.717) is 18.9 Å². The summed E-state index contributed by atoms with van der Waals surface area (Å²) in [7, 11) is 0. The summed E-state index contributed by atoms with van der Waals surface area (Å²) < 4.78 is 10.4. The Morgan fingerprint density at radius 1 is 0.920 bits per heavy atom. The van der Waals surface area contributed by atoms with Crippen LogP contribution in [0.3, 0.4) is 0 Å². The molecule has 0 N–H and O–H groups in total. The third-order valence-corrected chi connectivity index (χ3v) is 3.93. The van der Waals surface area contributed by atoms with Crippen LogP contribution < -0.4 is 0 Å². The molecule has 0 aromatic heterocycles. The maximum Gasteiger partial charge on any atom is 0.306 e. The highest BCUT2D eigenvalue weighted by molar-refractivity contribution is 5.83. The standard InChI is InChI=1S/C21H26O4/c1-16(2)12-13-24-20(22)8-5-9-21(23)25-15-17-10-11-18-6-3-4-7-19(18)14-17/h3-4,6-7,10-11,14,16H,5,8-9,12-13,15H2,1-2H3. The minimum absolute atomic E-state index is 0.229. The smallest absolute Gasteiger partial charge is 0.306 e. The molecule has 0 atom stereocenters. The first-order valence-electron chi connectivity index (χ1n) is 8.83. The van der Waals surface area contributed by atoms with Gasteiger partial charge in [-0.15, -0.1) is 0 Å². The second-order valence-electron chi connectivity index (χ2n) is 6.60. The minimum Gasteiger partial charge on any atom is -0.466 e. The van der Waals surface area contributed by atoms with Gasteiger partial charge in [-0.2, -0.15) is 0 Å². The molecule has 0 aliphatic heterocycles. The largest absolute Gasteiger partial charge is 0.466 e. The zero-order valence-electron chi connectivity index (χ0n) is 15.0. The fourth-order valence-electron chi connectivity index (χ4n) is 2.42. The molecule has 0 amide bonds. The summed E-state index contributed by atoms with van der Waals surface area (Å²) >= 11 is 0. The summed E-state index contributed by atoms with van der Waals surface area (Å²) in [5, 5.41) is 2.29. The second kappa shape index (κ2) is 9.82. The van der Waals surface area contributed by atoms with E-state index in [9.17, 15) is 9.59 Å². The molecular weight excluding hydrogens is 316 g/mol. The van der Waals surface area contributed by atoms with Crippen LogP contribution >= 0.6 is 0 Å². The number of benzene rings is 2. The number of fused-ring (bicyclic) bond motifs is 1. The van der Waals surface area contributed by atoms with Gasteiger partial charge in [-0.3, -0.25) is 9.59 Å². The Kier molecular flexibility index (Phi) is 7.45. The molecule has 0 unspecified atom stereocenters. The lowest BCUT2D eigenvalue weighted by Gasteiger charge is -2.07. The first-order valence-corrected chi connectivity index (χ1v) is 8.83. The lowest BCUT2D eigenvalue weighted by Crippen LogP contribution is -2.09. The van der Waals surface area contributed by atoms with Crippen LogP contribution in [0.2, 0.25) is 0 Å². The number of ether oxygens (including phenoxy) is 2. The number of rotatable bonds is 9. The molecule has 4 nitrogen and oxygen atoms in total. The molecular formula is C21H26O4. The molecule has 0 spiro atoms. The van der Waals surface area contributed by atoms with Crippen molar-refractivity contribution in [3.05, 3.63) is 48.0 Å². The summed E-state index contributed by atoms with van der Waals surface area (Å²) in [5.41, 5.74) is 0.958. The fraction of sp³-hybridized carbons (Fsp3) is 0.429. The van der Waals surface area contributed by atoms with Gasteiger partial charge < -0.3 is 9.47 Å². The predicted molar refractivity (Wildman–Crippen MR) is 98.0 cm³/mol. The molecule has 0 saturated heterocycles. The second-order valence-corrected chi connectivity index (χ2v) is 6.60. The molecule has 0 heterocycles. The van der Waals surface area contributed by atoms with Crippen molar-refractivity contribution in [3.8, 4) is 0 Å². The predicted octanol–water partition coefficient (Wildman–Crippen LogP) is 4.64. The topological polar surface area (TPSA) is 52.6 Å². The molecule has 2 aromatic carbocycles. The molecule has 0 aliphatic carbocycles. The Morgan fingerprint density at radius 2 is 1.60 bits per heavy atom. The van der Waals surface area contributed by atoms with Gasteiger partial charge in [-0.1, -0.05) is 50.2 Å². The summed E-state index contributed by atoms with van der Waals surface area (Å²) in [6.45, 7) is 4.87. The molecule has 0 radical (unpaired) electrons. The van der Waals surface area contributed by atoms with Crippen LogP contribution in [-0.2, 0) is 25.7 Å². The van der Waals surface area contributed by atoms with Crippen molar-refractivity contribution >= 4 is 22.7 Å². The van der Waals surface area contributed by atoms with Crippen LogP contribution in [-0.4, -0.2) is 18.5 Å². The third kappa shape index (κ3) is 6.96. The van der Waals surface area contributed by atoms with Crippen molar-refractivity contribution in [2.24, 2.45) is 5.92 Å². The van der Waals surface area contributed by atoms with E-state index >= 15 is 0 Å². The lowest BCUT2D eigenvalue weighted by atomic mass is 10.1. The third-order valence-electron chi connectivity index (χ3n) is 3.93. The minimum atomic E-state index is -0.289. The van der Waals surface area contributed by atoms with Gasteiger partial charge in [-0.05, 0) is 41.2 Å². The fourth-order valence-corrected chi connectivity index (χ4v) is 2.42. The van der Waals surface area contributed by atoms with E-state index in [1.807, 2.05) is 42.5 Å². The molecule has 0 aliphatic rings. The number of esters is 2. The van der Waals surface area contributed by atoms with Crippen molar-refractivity contribution in [1.29, 1.82) is 0 Å². The molecule has 4 heteroatoms. The molecule has 2 rings (SSSR count). The van der Waals surface area contributed by atoms with Crippen LogP contribution in [0.25, 0.3) is 10.8 Å². The first kappa shape index (κ1) is 19.0. The highest BCUT2D eigenvalue weighted by Crippen LogP contribution is 2.16. The Labute approximate surface area is 149 Å². The van der Waals surface area contributed by atoms with E-state index in [0.717, 1.165) is 22.8 Å². The van der Waals surface area contributed by atoms with Crippen LogP contribution in [0, 0.1) is 5.92 Å². The van der Waals surface area contributed by atoms with Crippen molar-refractivity contribution in [1.82, 2.24) is 0 Å². The summed E-state index contributed by atoms with van der Waals surface area (Å²) in [4.78, 5) is 23.3. The van der Waals surface area contributed by atoms with Crippen LogP contribution in [0.15, 0.2) is 42.5 Å². The van der Waals surface area contributed by atoms with Gasteiger partial charge in [0.15, 0.2) is 0 Å². The SMILES string of the molecule is CC(C)CCOC(=O)CCCC(=O)OCc1ccc2ccccc2c1. The Morgan fingerprint density at radius 3 is 2.32 bits per heavy atom. The van der Waals surface area contributed by atoms with Gasteiger partial charge in [0.1, 0.15) is 6.61 Å². The number of hydrogen-bond acceptors (Lipinski definition) is 4. The molecule has 0 bridgehead atoms. The molecule has 25 heavy (non-hydrogen) atoms. The summed E-state index contributed by atoms with van der Waals surface area (Å²) in [6, 6.07) is 14.1. The highest BCUT2D eigenvalue weighted by atomic mass is 16.5. The van der Waals surface area contributed by atoms with Crippen molar-refractivity contribution in [2.45, 2.75) is 46.1 Å². The molecule has 0 saturated carbocycles. The Bertz CT molecular complexity index is 706. The average Bonchev–Trinajstić information content (AvgIpc) is 2.59. The number of carbonyl (C=O) groups excluding carboxylic acids is 2. The first-order chi connectivity index (χ1) is 12.0. The zero-order chi connectivity index (χ0) is 18.1. The maximum absolute atomic E-state index is 11.8. The van der Waals surface area contributed by atoms with Gasteiger partial charge in [0, 0.05) is 12.8 Å². The van der Waals surface area contributed by atoms with Gasteiger partial charge in [0.2, 0.25) is 0 Å². The van der Waals surface area contributed by atoms with E-state index in [1.54, 1.807) is 0 Å². The van der Waals surface area contributed by atoms with E-state index in [4.69, 9.17) is 9.47 Å². The zero-order valence-corrected chi connectivity index (χ0v) is 15.0. The maximum atomic E-state index is 11.8. The molecule has 0 fully saturated rings. The van der Waals surface area contributed by atoms with E-state index < -0.39 is 0 Å². The number of carbonyl (C=O) groups is 2. The quantitative estimate of drug-likeness (QED) is 0.623. The van der Waals surface area contributed by atoms with Crippen molar-refractivity contribution in [2.75, 3.05) is 6.61 Å². The Hall–Kier alpha value is -2.36. The lowest BCUT2D eigenvalue weighted by molar-refractivity contribution is -0.146. The van der Waals surface area contributed by atoms with E-state index in [-0.39, 0.29) is 31.4 Å². The van der Waals surface area contributed by atoms with Crippen LogP contribution in [0.5, 0.6) is 0 Å².